The number of nitrogens with two attached hydrogens (primary N) is 1. The molecule has 0 fully saturated rings. The summed E-state index contributed by atoms with van der Waals surface area (Å²) in [5, 5.41) is 0. The number of ether oxygens (including phenoxy) is 1. The van der Waals surface area contributed by atoms with Crippen LogP contribution in [0, 0.1) is 0 Å². The first kappa shape index (κ1) is 12.8. The summed E-state index contributed by atoms with van der Waals surface area (Å²) < 4.78 is 42.4. The van der Waals surface area contributed by atoms with E-state index in [2.05, 4.69) is 0 Å². The van der Waals surface area contributed by atoms with Crippen molar-refractivity contribution in [3.63, 3.8) is 0 Å². The van der Waals surface area contributed by atoms with Crippen molar-refractivity contribution in [2.45, 2.75) is 19.0 Å². The van der Waals surface area contributed by atoms with Crippen molar-refractivity contribution in [1.29, 1.82) is 0 Å². The number of hydrogen-bond acceptors (Lipinski definition) is 2. The van der Waals surface area contributed by atoms with E-state index in [1.54, 1.807) is 6.07 Å². The largest absolute Gasteiger partial charge is 0.497 e. The van der Waals surface area contributed by atoms with Gasteiger partial charge in [-0.2, -0.15) is 13.2 Å². The number of halogens is 3. The fraction of sp³-hybridized carbons (Fsp3) is 0.455. The number of alkyl halides is 3. The van der Waals surface area contributed by atoms with Crippen LogP contribution in [0.15, 0.2) is 18.2 Å². The minimum absolute atomic E-state index is 0.224. The smallest absolute Gasteiger partial charge is 0.416 e. The average molecular weight is 233 g/mol. The summed E-state index contributed by atoms with van der Waals surface area (Å²) in [6, 6.07) is 3.73. The molecule has 16 heavy (non-hydrogen) atoms. The molecule has 0 aliphatic heterocycles. The van der Waals surface area contributed by atoms with Crippen LogP contribution >= 0.6 is 0 Å². The van der Waals surface area contributed by atoms with Gasteiger partial charge in [0, 0.05) is 0 Å². The second-order valence-electron chi connectivity index (χ2n) is 3.46. The van der Waals surface area contributed by atoms with Gasteiger partial charge in [0.05, 0.1) is 12.7 Å². The molecule has 1 rings (SSSR count). The van der Waals surface area contributed by atoms with E-state index in [0.29, 0.717) is 24.9 Å². The molecule has 2 N–H and O–H groups in total. The van der Waals surface area contributed by atoms with Gasteiger partial charge in [0.1, 0.15) is 5.75 Å². The van der Waals surface area contributed by atoms with Crippen molar-refractivity contribution in [1.82, 2.24) is 0 Å². The molecule has 0 aliphatic carbocycles. The molecular weight excluding hydrogens is 219 g/mol. The van der Waals surface area contributed by atoms with E-state index in [1.807, 2.05) is 0 Å². The number of hydrogen-bond donors (Lipinski definition) is 1. The highest BCUT2D eigenvalue weighted by Gasteiger charge is 2.31. The zero-order valence-electron chi connectivity index (χ0n) is 8.97. The maximum absolute atomic E-state index is 12.5. The van der Waals surface area contributed by atoms with Crippen LogP contribution in [0.2, 0.25) is 0 Å². The van der Waals surface area contributed by atoms with E-state index in [-0.39, 0.29) is 5.75 Å². The van der Waals surface area contributed by atoms with E-state index in [4.69, 9.17) is 10.5 Å². The Morgan fingerprint density at radius 1 is 1.25 bits per heavy atom. The van der Waals surface area contributed by atoms with Gasteiger partial charge < -0.3 is 10.5 Å². The molecule has 0 bridgehead atoms. The van der Waals surface area contributed by atoms with Crippen LogP contribution in [0.5, 0.6) is 5.75 Å². The molecule has 0 saturated carbocycles. The molecule has 0 unspecified atom stereocenters. The number of benzene rings is 1. The van der Waals surface area contributed by atoms with Crippen molar-refractivity contribution in [2.24, 2.45) is 5.73 Å². The molecular formula is C11H14F3NO. The summed E-state index contributed by atoms with van der Waals surface area (Å²) in [6.07, 6.45) is -3.16. The molecule has 0 aromatic heterocycles. The Kier molecular flexibility index (Phi) is 4.18. The SMILES string of the molecule is COc1cc(CCCN)cc(C(F)(F)F)c1. The molecule has 1 aromatic rings. The zero-order chi connectivity index (χ0) is 12.2. The Bertz CT molecular complexity index is 350. The number of methoxy groups -OCH3 is 1. The summed E-state index contributed by atoms with van der Waals surface area (Å²) in [6.45, 7) is 0.457. The summed E-state index contributed by atoms with van der Waals surface area (Å²) in [5.74, 6) is 0.224. The summed E-state index contributed by atoms with van der Waals surface area (Å²) in [5.41, 5.74) is 5.23. The Morgan fingerprint density at radius 2 is 1.94 bits per heavy atom. The molecule has 0 radical (unpaired) electrons. The lowest BCUT2D eigenvalue weighted by Gasteiger charge is -2.11. The van der Waals surface area contributed by atoms with Gasteiger partial charge in [0.25, 0.3) is 0 Å². The summed E-state index contributed by atoms with van der Waals surface area (Å²) in [7, 11) is 1.35. The van der Waals surface area contributed by atoms with Crippen LogP contribution in [-0.2, 0) is 12.6 Å². The van der Waals surface area contributed by atoms with Crippen LogP contribution in [0.3, 0.4) is 0 Å². The molecule has 0 heterocycles. The van der Waals surface area contributed by atoms with Crippen LogP contribution in [0.4, 0.5) is 13.2 Å². The summed E-state index contributed by atoms with van der Waals surface area (Å²) in [4.78, 5) is 0. The molecule has 0 saturated heterocycles. The average Bonchev–Trinajstić information content (AvgIpc) is 2.24. The van der Waals surface area contributed by atoms with Crippen molar-refractivity contribution < 1.29 is 17.9 Å². The van der Waals surface area contributed by atoms with Gasteiger partial charge in [0.15, 0.2) is 0 Å². The molecule has 0 atom stereocenters. The van der Waals surface area contributed by atoms with E-state index in [1.165, 1.54) is 7.11 Å². The van der Waals surface area contributed by atoms with E-state index >= 15 is 0 Å². The van der Waals surface area contributed by atoms with Gasteiger partial charge in [-0.15, -0.1) is 0 Å². The van der Waals surface area contributed by atoms with Gasteiger partial charge in [0.2, 0.25) is 0 Å². The van der Waals surface area contributed by atoms with E-state index in [0.717, 1.165) is 12.1 Å². The quantitative estimate of drug-likeness (QED) is 0.867. The third-order valence-electron chi connectivity index (χ3n) is 2.20. The first-order valence-corrected chi connectivity index (χ1v) is 4.92. The summed E-state index contributed by atoms with van der Waals surface area (Å²) >= 11 is 0. The van der Waals surface area contributed by atoms with Gasteiger partial charge in [-0.05, 0) is 43.1 Å². The van der Waals surface area contributed by atoms with Crippen molar-refractivity contribution in [3.05, 3.63) is 29.3 Å². The van der Waals surface area contributed by atoms with Crippen LogP contribution in [-0.4, -0.2) is 13.7 Å². The number of aryl methyl sites for hydroxylation is 1. The second-order valence-corrected chi connectivity index (χ2v) is 3.46. The fourth-order valence-electron chi connectivity index (χ4n) is 1.39. The highest BCUT2D eigenvalue weighted by Crippen LogP contribution is 2.32. The van der Waals surface area contributed by atoms with Crippen molar-refractivity contribution >= 4 is 0 Å². The molecule has 2 nitrogen and oxygen atoms in total. The fourth-order valence-corrected chi connectivity index (χ4v) is 1.39. The third kappa shape index (κ3) is 3.41. The van der Waals surface area contributed by atoms with Crippen LogP contribution < -0.4 is 10.5 Å². The highest BCUT2D eigenvalue weighted by molar-refractivity contribution is 5.36. The lowest BCUT2D eigenvalue weighted by Crippen LogP contribution is -2.07. The maximum atomic E-state index is 12.5. The molecule has 0 spiro atoms. The van der Waals surface area contributed by atoms with Crippen LogP contribution in [0.25, 0.3) is 0 Å². The monoisotopic (exact) mass is 233 g/mol. The minimum atomic E-state index is -4.34. The normalized spacial score (nSPS) is 11.6. The standard InChI is InChI=1S/C11H14F3NO/c1-16-10-6-8(3-2-4-15)5-9(7-10)11(12,13)14/h5-7H,2-4,15H2,1H3. The zero-order valence-corrected chi connectivity index (χ0v) is 8.97. The predicted octanol–water partition coefficient (Wildman–Crippen LogP) is 2.61. The van der Waals surface area contributed by atoms with Gasteiger partial charge in [-0.1, -0.05) is 0 Å². The van der Waals surface area contributed by atoms with E-state index in [9.17, 15) is 13.2 Å². The number of rotatable bonds is 4. The predicted molar refractivity (Wildman–Crippen MR) is 55.4 cm³/mol. The van der Waals surface area contributed by atoms with Crippen LogP contribution in [0.1, 0.15) is 17.5 Å². The molecule has 5 heteroatoms. The maximum Gasteiger partial charge on any atom is 0.416 e. The lowest BCUT2D eigenvalue weighted by molar-refractivity contribution is -0.137. The topological polar surface area (TPSA) is 35.2 Å². The molecule has 0 amide bonds. The first-order valence-electron chi connectivity index (χ1n) is 4.92. The van der Waals surface area contributed by atoms with E-state index < -0.39 is 11.7 Å². The Hall–Kier alpha value is -1.23. The lowest BCUT2D eigenvalue weighted by atomic mass is 10.1. The van der Waals surface area contributed by atoms with Crippen molar-refractivity contribution in [3.8, 4) is 5.75 Å². The highest BCUT2D eigenvalue weighted by atomic mass is 19.4. The van der Waals surface area contributed by atoms with Crippen molar-refractivity contribution in [2.75, 3.05) is 13.7 Å². The first-order chi connectivity index (χ1) is 7.47. The molecule has 90 valence electrons. The van der Waals surface area contributed by atoms with Gasteiger partial charge in [-0.3, -0.25) is 0 Å². The Balaban J connectivity index is 3.01. The molecule has 0 aliphatic rings. The second kappa shape index (κ2) is 5.21. The third-order valence-corrected chi connectivity index (χ3v) is 2.20. The van der Waals surface area contributed by atoms with Gasteiger partial charge in [-0.25, -0.2) is 0 Å². The Morgan fingerprint density at radius 3 is 2.44 bits per heavy atom. The molecule has 1 aromatic carbocycles. The minimum Gasteiger partial charge on any atom is -0.497 e. The van der Waals surface area contributed by atoms with Gasteiger partial charge >= 0.3 is 6.18 Å². The Labute approximate surface area is 92.2 Å².